The van der Waals surface area contributed by atoms with Gasteiger partial charge in [-0.15, -0.1) is 0 Å². The summed E-state index contributed by atoms with van der Waals surface area (Å²) in [5.41, 5.74) is 1.44. The topological polar surface area (TPSA) is 131 Å². The number of hydrogen-bond acceptors (Lipinski definition) is 5. The molecule has 0 unspecified atom stereocenters. The van der Waals surface area contributed by atoms with Crippen molar-refractivity contribution in [3.8, 4) is 11.8 Å². The number of para-hydroxylation sites is 1. The van der Waals surface area contributed by atoms with Crippen LogP contribution in [0.5, 0.6) is 5.75 Å². The first-order chi connectivity index (χ1) is 12.0. The summed E-state index contributed by atoms with van der Waals surface area (Å²) in [6.07, 6.45) is 1.52. The number of nitrogens with one attached hydrogen (secondary N) is 3. The van der Waals surface area contributed by atoms with Crippen LogP contribution in [0.2, 0.25) is 0 Å². The molecule has 0 fully saturated rings. The number of carboxylic acids is 1. The predicted molar refractivity (Wildman–Crippen MR) is 93.4 cm³/mol. The predicted octanol–water partition coefficient (Wildman–Crippen LogP) is 2.19. The number of guanidine groups is 1. The number of anilines is 1. The minimum atomic E-state index is -0.833. The van der Waals surface area contributed by atoms with Crippen LogP contribution in [0.15, 0.2) is 42.6 Å². The van der Waals surface area contributed by atoms with Gasteiger partial charge in [-0.05, 0) is 18.2 Å². The Bertz CT molecular complexity index is 767. The number of aliphatic carboxylic acids is 1. The van der Waals surface area contributed by atoms with E-state index in [1.807, 2.05) is 30.3 Å². The molecule has 0 atom stereocenters. The van der Waals surface area contributed by atoms with E-state index in [0.717, 1.165) is 18.2 Å². The first-order valence-corrected chi connectivity index (χ1v) is 7.23. The molecule has 25 heavy (non-hydrogen) atoms. The maximum absolute atomic E-state index is 9.00. The molecule has 0 radical (unpaired) electrons. The van der Waals surface area contributed by atoms with Crippen LogP contribution >= 0.6 is 0 Å². The molecule has 0 aliphatic carbocycles. The van der Waals surface area contributed by atoms with Crippen LogP contribution in [-0.4, -0.2) is 29.1 Å². The average molecular weight is 341 g/mol. The van der Waals surface area contributed by atoms with Gasteiger partial charge in [0.15, 0.2) is 5.96 Å². The minimum absolute atomic E-state index is 0.100. The number of rotatable bonds is 4. The van der Waals surface area contributed by atoms with Crippen molar-refractivity contribution in [1.29, 1.82) is 10.7 Å². The molecule has 8 nitrogen and oxygen atoms in total. The molecule has 0 spiro atoms. The van der Waals surface area contributed by atoms with E-state index in [0.29, 0.717) is 17.9 Å². The van der Waals surface area contributed by atoms with E-state index in [2.05, 4.69) is 15.6 Å². The van der Waals surface area contributed by atoms with Crippen LogP contribution in [0.1, 0.15) is 18.1 Å². The van der Waals surface area contributed by atoms with Crippen molar-refractivity contribution in [3.63, 3.8) is 0 Å². The number of methoxy groups -OCH3 is 1. The third-order valence-corrected chi connectivity index (χ3v) is 2.79. The fourth-order valence-electron chi connectivity index (χ4n) is 1.77. The number of aromatic nitrogens is 1. The van der Waals surface area contributed by atoms with E-state index < -0.39 is 5.97 Å². The van der Waals surface area contributed by atoms with E-state index >= 15 is 0 Å². The largest absolute Gasteiger partial charge is 0.496 e. The van der Waals surface area contributed by atoms with Gasteiger partial charge in [0.2, 0.25) is 0 Å². The van der Waals surface area contributed by atoms with Crippen molar-refractivity contribution in [2.45, 2.75) is 13.5 Å². The van der Waals surface area contributed by atoms with Gasteiger partial charge >= 0.3 is 0 Å². The van der Waals surface area contributed by atoms with Gasteiger partial charge in [0, 0.05) is 25.2 Å². The van der Waals surface area contributed by atoms with Crippen LogP contribution in [0.25, 0.3) is 0 Å². The van der Waals surface area contributed by atoms with Crippen molar-refractivity contribution >= 4 is 17.7 Å². The Morgan fingerprint density at radius 1 is 1.40 bits per heavy atom. The third kappa shape index (κ3) is 7.47. The normalized spacial score (nSPS) is 9.00. The smallest absolute Gasteiger partial charge is 0.300 e. The van der Waals surface area contributed by atoms with Gasteiger partial charge in [-0.1, -0.05) is 18.2 Å². The van der Waals surface area contributed by atoms with E-state index in [1.165, 1.54) is 6.20 Å². The number of pyridine rings is 1. The first kappa shape index (κ1) is 19.4. The zero-order chi connectivity index (χ0) is 18.7. The lowest BCUT2D eigenvalue weighted by atomic mass is 10.2. The van der Waals surface area contributed by atoms with Crippen LogP contribution in [-0.2, 0) is 11.3 Å². The Morgan fingerprint density at radius 3 is 2.72 bits per heavy atom. The molecule has 0 amide bonds. The van der Waals surface area contributed by atoms with Crippen molar-refractivity contribution in [2.24, 2.45) is 0 Å². The number of ether oxygens (including phenoxy) is 1. The molecule has 1 heterocycles. The number of carbonyl (C=O) groups is 1. The second-order valence-electron chi connectivity index (χ2n) is 4.73. The zero-order valence-corrected chi connectivity index (χ0v) is 13.9. The van der Waals surface area contributed by atoms with Gasteiger partial charge in [0.1, 0.15) is 11.6 Å². The minimum Gasteiger partial charge on any atom is -0.496 e. The highest BCUT2D eigenvalue weighted by Gasteiger charge is 2.04. The highest BCUT2D eigenvalue weighted by molar-refractivity contribution is 5.90. The molecule has 0 aliphatic heterocycles. The van der Waals surface area contributed by atoms with Crippen LogP contribution in [0, 0.1) is 16.7 Å². The number of nitriles is 1. The van der Waals surface area contributed by atoms with Crippen molar-refractivity contribution in [1.82, 2.24) is 10.3 Å². The van der Waals surface area contributed by atoms with Crippen molar-refractivity contribution < 1.29 is 14.6 Å². The second kappa shape index (κ2) is 10.2. The Kier molecular flexibility index (Phi) is 7.95. The molecule has 1 aromatic carbocycles. The molecular formula is C17H19N5O3. The van der Waals surface area contributed by atoms with Crippen molar-refractivity contribution in [2.75, 3.05) is 12.4 Å². The molecule has 8 heteroatoms. The summed E-state index contributed by atoms with van der Waals surface area (Å²) in [5.74, 6) is 0.484. The van der Waals surface area contributed by atoms with Gasteiger partial charge in [-0.25, -0.2) is 4.98 Å². The summed E-state index contributed by atoms with van der Waals surface area (Å²) >= 11 is 0. The third-order valence-electron chi connectivity index (χ3n) is 2.79. The fraction of sp³-hybridized carbons (Fsp3) is 0.176. The number of hydrogen-bond donors (Lipinski definition) is 4. The SMILES string of the molecule is CC(=O)O.COc1ccccc1CNC(=N)Nc1cc(C#N)ccn1. The summed E-state index contributed by atoms with van der Waals surface area (Å²) in [7, 11) is 1.61. The van der Waals surface area contributed by atoms with Gasteiger partial charge in [-0.2, -0.15) is 5.26 Å². The van der Waals surface area contributed by atoms with E-state index in [-0.39, 0.29) is 5.96 Å². The molecule has 0 saturated heterocycles. The number of nitrogens with zero attached hydrogens (tertiary/aromatic N) is 2. The van der Waals surface area contributed by atoms with Gasteiger partial charge < -0.3 is 20.5 Å². The Balaban J connectivity index is 0.000000705. The second-order valence-corrected chi connectivity index (χ2v) is 4.73. The van der Waals surface area contributed by atoms with Gasteiger partial charge in [-0.3, -0.25) is 10.2 Å². The molecule has 0 saturated carbocycles. The highest BCUT2D eigenvalue weighted by atomic mass is 16.5. The Morgan fingerprint density at radius 2 is 2.08 bits per heavy atom. The quantitative estimate of drug-likeness (QED) is 0.495. The maximum Gasteiger partial charge on any atom is 0.300 e. The molecule has 1 aromatic heterocycles. The zero-order valence-electron chi connectivity index (χ0n) is 13.9. The van der Waals surface area contributed by atoms with Crippen molar-refractivity contribution in [3.05, 3.63) is 53.7 Å². The molecular weight excluding hydrogens is 322 g/mol. The highest BCUT2D eigenvalue weighted by Crippen LogP contribution is 2.16. The first-order valence-electron chi connectivity index (χ1n) is 7.23. The standard InChI is InChI=1S/C15H15N5O.C2H4O2/c1-21-13-5-3-2-4-12(13)10-19-15(17)20-14-8-11(9-16)6-7-18-14;1-2(3)4/h2-8H,10H2,1H3,(H3,17,18,19,20);1H3,(H,3,4). The van der Waals surface area contributed by atoms with E-state index in [4.69, 9.17) is 25.3 Å². The number of benzene rings is 1. The Hall–Kier alpha value is -3.60. The lowest BCUT2D eigenvalue weighted by molar-refractivity contribution is -0.134. The van der Waals surface area contributed by atoms with Crippen LogP contribution < -0.4 is 15.4 Å². The van der Waals surface area contributed by atoms with E-state index in [9.17, 15) is 0 Å². The monoisotopic (exact) mass is 341 g/mol. The molecule has 130 valence electrons. The molecule has 4 N–H and O–H groups in total. The summed E-state index contributed by atoms with van der Waals surface area (Å²) in [6, 6.07) is 12.8. The molecule has 2 rings (SSSR count). The van der Waals surface area contributed by atoms with E-state index in [1.54, 1.807) is 19.2 Å². The number of carboxylic acid groups (broad SMARTS) is 1. The average Bonchev–Trinajstić information content (AvgIpc) is 2.60. The summed E-state index contributed by atoms with van der Waals surface area (Å²) in [5, 5.41) is 29.8. The molecule has 2 aromatic rings. The Labute approximate surface area is 145 Å². The fourth-order valence-corrected chi connectivity index (χ4v) is 1.77. The molecule has 0 bridgehead atoms. The van der Waals surface area contributed by atoms with Crippen LogP contribution in [0.3, 0.4) is 0 Å². The molecule has 0 aliphatic rings. The van der Waals surface area contributed by atoms with Gasteiger partial charge in [0.05, 0.1) is 18.7 Å². The van der Waals surface area contributed by atoms with Gasteiger partial charge in [0.25, 0.3) is 5.97 Å². The summed E-state index contributed by atoms with van der Waals surface area (Å²) in [4.78, 5) is 13.0. The van der Waals surface area contributed by atoms with Crippen LogP contribution in [0.4, 0.5) is 5.82 Å². The lowest BCUT2D eigenvalue weighted by Gasteiger charge is -2.12. The maximum atomic E-state index is 9.00. The summed E-state index contributed by atoms with van der Waals surface area (Å²) in [6.45, 7) is 1.54. The lowest BCUT2D eigenvalue weighted by Crippen LogP contribution is -2.29. The summed E-state index contributed by atoms with van der Waals surface area (Å²) < 4.78 is 5.25.